The standard InChI is InChI=1S/C8H14ClNO/c1-2-6-5-7(6)10-8(11)3-4-9/h6-7H,2-5H2,1H3,(H,10,11). The lowest BCUT2D eigenvalue weighted by Crippen LogP contribution is -2.26. The van der Waals surface area contributed by atoms with Gasteiger partial charge >= 0.3 is 0 Å². The van der Waals surface area contributed by atoms with Crippen LogP contribution >= 0.6 is 11.6 Å². The van der Waals surface area contributed by atoms with E-state index in [2.05, 4.69) is 12.2 Å². The van der Waals surface area contributed by atoms with Crippen LogP contribution in [0.15, 0.2) is 0 Å². The average Bonchev–Trinajstić information content (AvgIpc) is 2.68. The van der Waals surface area contributed by atoms with Gasteiger partial charge in [0, 0.05) is 18.3 Å². The Balaban J connectivity index is 2.08. The lowest BCUT2D eigenvalue weighted by molar-refractivity contribution is -0.120. The van der Waals surface area contributed by atoms with E-state index in [0.717, 1.165) is 12.3 Å². The number of nitrogens with one attached hydrogen (secondary N) is 1. The van der Waals surface area contributed by atoms with Crippen molar-refractivity contribution in [2.24, 2.45) is 5.92 Å². The molecular formula is C8H14ClNO. The highest BCUT2D eigenvalue weighted by Crippen LogP contribution is 2.32. The number of carbonyl (C=O) groups excluding carboxylic acids is 1. The van der Waals surface area contributed by atoms with Crippen molar-refractivity contribution in [1.82, 2.24) is 5.32 Å². The van der Waals surface area contributed by atoms with E-state index in [-0.39, 0.29) is 5.91 Å². The molecule has 0 aromatic rings. The van der Waals surface area contributed by atoms with Crippen LogP contribution in [0.5, 0.6) is 0 Å². The van der Waals surface area contributed by atoms with Crippen LogP contribution in [0, 0.1) is 5.92 Å². The van der Waals surface area contributed by atoms with E-state index in [4.69, 9.17) is 11.6 Å². The molecule has 0 heterocycles. The van der Waals surface area contributed by atoms with Crippen molar-refractivity contribution in [2.75, 3.05) is 5.88 Å². The van der Waals surface area contributed by atoms with Crippen LogP contribution in [0.2, 0.25) is 0 Å². The van der Waals surface area contributed by atoms with Crippen molar-refractivity contribution < 1.29 is 4.79 Å². The van der Waals surface area contributed by atoms with Crippen molar-refractivity contribution in [3.8, 4) is 0 Å². The molecule has 11 heavy (non-hydrogen) atoms. The van der Waals surface area contributed by atoms with Crippen LogP contribution in [0.3, 0.4) is 0 Å². The van der Waals surface area contributed by atoms with Gasteiger partial charge in [-0.1, -0.05) is 13.3 Å². The minimum Gasteiger partial charge on any atom is -0.353 e. The molecule has 64 valence electrons. The summed E-state index contributed by atoms with van der Waals surface area (Å²) in [5.74, 6) is 1.25. The van der Waals surface area contributed by atoms with Crippen molar-refractivity contribution >= 4 is 17.5 Å². The Labute approximate surface area is 72.3 Å². The van der Waals surface area contributed by atoms with E-state index < -0.39 is 0 Å². The molecule has 1 fully saturated rings. The summed E-state index contributed by atoms with van der Waals surface area (Å²) in [7, 11) is 0. The molecule has 1 aliphatic rings. The molecule has 0 aromatic carbocycles. The predicted molar refractivity (Wildman–Crippen MR) is 45.7 cm³/mol. The third kappa shape index (κ3) is 2.70. The maximum atomic E-state index is 11.0. The molecule has 0 bridgehead atoms. The first-order valence-corrected chi connectivity index (χ1v) is 4.66. The Hall–Kier alpha value is -0.240. The molecule has 2 unspecified atom stereocenters. The second-order valence-electron chi connectivity index (χ2n) is 3.02. The molecule has 2 nitrogen and oxygen atoms in total. The maximum absolute atomic E-state index is 11.0. The minimum atomic E-state index is 0.0981. The molecule has 1 saturated carbocycles. The zero-order valence-electron chi connectivity index (χ0n) is 6.77. The first-order chi connectivity index (χ1) is 5.27. The summed E-state index contributed by atoms with van der Waals surface area (Å²) in [6.45, 7) is 2.15. The highest BCUT2D eigenvalue weighted by atomic mass is 35.5. The SMILES string of the molecule is CCC1CC1NC(=O)CCCl. The molecular weight excluding hydrogens is 162 g/mol. The van der Waals surface area contributed by atoms with Crippen molar-refractivity contribution in [1.29, 1.82) is 0 Å². The molecule has 1 rings (SSSR count). The largest absolute Gasteiger partial charge is 0.353 e. The topological polar surface area (TPSA) is 29.1 Å². The Morgan fingerprint density at radius 3 is 2.91 bits per heavy atom. The summed E-state index contributed by atoms with van der Waals surface area (Å²) in [5.41, 5.74) is 0. The van der Waals surface area contributed by atoms with E-state index >= 15 is 0 Å². The van der Waals surface area contributed by atoms with Crippen LogP contribution < -0.4 is 5.32 Å². The van der Waals surface area contributed by atoms with Gasteiger partial charge in [-0.15, -0.1) is 11.6 Å². The van der Waals surface area contributed by atoms with E-state index in [1.54, 1.807) is 0 Å². The predicted octanol–water partition coefficient (Wildman–Crippen LogP) is 1.53. The number of rotatable bonds is 4. The Morgan fingerprint density at radius 2 is 2.45 bits per heavy atom. The summed E-state index contributed by atoms with van der Waals surface area (Å²) in [5, 5.41) is 2.93. The summed E-state index contributed by atoms with van der Waals surface area (Å²) in [4.78, 5) is 11.0. The van der Waals surface area contributed by atoms with E-state index in [9.17, 15) is 4.79 Å². The lowest BCUT2D eigenvalue weighted by Gasteiger charge is -2.00. The lowest BCUT2D eigenvalue weighted by atomic mass is 10.3. The van der Waals surface area contributed by atoms with Gasteiger partial charge in [-0.3, -0.25) is 4.79 Å². The van der Waals surface area contributed by atoms with Crippen LogP contribution in [0.25, 0.3) is 0 Å². The second kappa shape index (κ2) is 3.96. The first kappa shape index (κ1) is 8.85. The maximum Gasteiger partial charge on any atom is 0.221 e. The number of halogens is 1. The molecule has 2 atom stereocenters. The van der Waals surface area contributed by atoms with Gasteiger partial charge < -0.3 is 5.32 Å². The number of hydrogen-bond donors (Lipinski definition) is 1. The summed E-state index contributed by atoms with van der Waals surface area (Å²) >= 11 is 5.41. The Morgan fingerprint density at radius 1 is 1.73 bits per heavy atom. The smallest absolute Gasteiger partial charge is 0.221 e. The molecule has 1 N–H and O–H groups in total. The fourth-order valence-electron chi connectivity index (χ4n) is 1.24. The third-order valence-electron chi connectivity index (χ3n) is 2.11. The highest BCUT2D eigenvalue weighted by molar-refractivity contribution is 6.18. The van der Waals surface area contributed by atoms with Gasteiger partial charge in [0.05, 0.1) is 0 Å². The monoisotopic (exact) mass is 175 g/mol. The van der Waals surface area contributed by atoms with E-state index in [1.165, 1.54) is 6.42 Å². The van der Waals surface area contributed by atoms with E-state index in [1.807, 2.05) is 0 Å². The zero-order valence-corrected chi connectivity index (χ0v) is 7.53. The average molecular weight is 176 g/mol. The normalized spacial score (nSPS) is 28.2. The second-order valence-corrected chi connectivity index (χ2v) is 3.39. The molecule has 0 saturated heterocycles. The highest BCUT2D eigenvalue weighted by Gasteiger charge is 2.35. The van der Waals surface area contributed by atoms with Gasteiger partial charge in [0.1, 0.15) is 0 Å². The van der Waals surface area contributed by atoms with Gasteiger partial charge in [0.25, 0.3) is 0 Å². The fraction of sp³-hybridized carbons (Fsp3) is 0.875. The molecule has 0 radical (unpaired) electrons. The first-order valence-electron chi connectivity index (χ1n) is 4.13. The minimum absolute atomic E-state index is 0.0981. The quantitative estimate of drug-likeness (QED) is 0.646. The number of carbonyl (C=O) groups is 1. The van der Waals surface area contributed by atoms with Crippen molar-refractivity contribution in [3.63, 3.8) is 0 Å². The van der Waals surface area contributed by atoms with Crippen molar-refractivity contribution in [2.45, 2.75) is 32.2 Å². The summed E-state index contributed by atoms with van der Waals surface area (Å²) in [6, 6.07) is 0.454. The summed E-state index contributed by atoms with van der Waals surface area (Å²) < 4.78 is 0. The zero-order chi connectivity index (χ0) is 8.27. The van der Waals surface area contributed by atoms with Crippen LogP contribution in [0.1, 0.15) is 26.2 Å². The molecule has 1 amide bonds. The fourth-order valence-corrected chi connectivity index (χ4v) is 1.41. The van der Waals surface area contributed by atoms with E-state index in [0.29, 0.717) is 18.3 Å². The molecule has 1 aliphatic carbocycles. The van der Waals surface area contributed by atoms with Crippen LogP contribution in [-0.4, -0.2) is 17.8 Å². The number of amides is 1. The van der Waals surface area contributed by atoms with Crippen LogP contribution in [-0.2, 0) is 4.79 Å². The molecule has 0 aromatic heterocycles. The van der Waals surface area contributed by atoms with Crippen molar-refractivity contribution in [3.05, 3.63) is 0 Å². The van der Waals surface area contributed by atoms with Crippen LogP contribution in [0.4, 0.5) is 0 Å². The number of hydrogen-bond acceptors (Lipinski definition) is 1. The molecule has 0 spiro atoms. The van der Waals surface area contributed by atoms with Gasteiger partial charge in [0.15, 0.2) is 0 Å². The molecule has 3 heteroatoms. The Bertz CT molecular complexity index is 149. The van der Waals surface area contributed by atoms with Gasteiger partial charge in [-0.05, 0) is 12.3 Å². The Kier molecular flexibility index (Phi) is 3.18. The number of alkyl halides is 1. The third-order valence-corrected chi connectivity index (χ3v) is 2.30. The van der Waals surface area contributed by atoms with Gasteiger partial charge in [-0.2, -0.15) is 0 Å². The summed E-state index contributed by atoms with van der Waals surface area (Å²) in [6.07, 6.45) is 2.78. The molecule has 0 aliphatic heterocycles. The van der Waals surface area contributed by atoms with Gasteiger partial charge in [-0.25, -0.2) is 0 Å². The van der Waals surface area contributed by atoms with Gasteiger partial charge in [0.2, 0.25) is 5.91 Å².